The molecule has 0 unspecified atom stereocenters. The summed E-state index contributed by atoms with van der Waals surface area (Å²) in [7, 11) is 5.33. The fourth-order valence-corrected chi connectivity index (χ4v) is 3.25. The van der Waals surface area contributed by atoms with Crippen LogP contribution in [0.15, 0.2) is 23.8 Å². The Kier molecular flexibility index (Phi) is 3.83. The van der Waals surface area contributed by atoms with E-state index in [2.05, 4.69) is 11.9 Å². The van der Waals surface area contributed by atoms with Crippen LogP contribution in [0.1, 0.15) is 24.1 Å². The Hall–Kier alpha value is -2.01. The largest absolute Gasteiger partial charge is 0.493 e. The SMILES string of the molecule is COc1cc2c(cc1OC)[C@@H]([C@@H]1C=C(C)C(=O)O1)N(C)CC2. The lowest BCUT2D eigenvalue weighted by Crippen LogP contribution is -2.39. The summed E-state index contributed by atoms with van der Waals surface area (Å²) >= 11 is 0. The summed E-state index contributed by atoms with van der Waals surface area (Å²) in [6.07, 6.45) is 2.59. The molecular formula is C17H21NO4. The standard InChI is InChI=1S/C17H21NO4/c1-10-7-15(22-17(10)19)16-12-9-14(21-4)13(20-3)8-11(12)5-6-18(16)2/h7-9,15-16H,5-6H2,1-4H3/t15-,16-/m0/s1. The molecule has 5 nitrogen and oxygen atoms in total. The Bertz CT molecular complexity index is 638. The first-order valence-corrected chi connectivity index (χ1v) is 7.39. The van der Waals surface area contributed by atoms with Crippen molar-refractivity contribution >= 4 is 5.97 Å². The third-order valence-electron chi connectivity index (χ3n) is 4.46. The lowest BCUT2D eigenvalue weighted by atomic mass is 9.89. The van der Waals surface area contributed by atoms with Crippen molar-refractivity contribution in [2.24, 2.45) is 0 Å². The Balaban J connectivity index is 2.05. The summed E-state index contributed by atoms with van der Waals surface area (Å²) in [5.74, 6) is 1.21. The number of carbonyl (C=O) groups excluding carboxylic acids is 1. The summed E-state index contributed by atoms with van der Waals surface area (Å²) in [4.78, 5) is 13.9. The van der Waals surface area contributed by atoms with E-state index in [0.717, 1.165) is 24.3 Å². The average Bonchev–Trinajstić information content (AvgIpc) is 2.84. The van der Waals surface area contributed by atoms with Gasteiger partial charge in [-0.3, -0.25) is 4.90 Å². The molecular weight excluding hydrogens is 282 g/mol. The van der Waals surface area contributed by atoms with Crippen LogP contribution in [0, 0.1) is 0 Å². The van der Waals surface area contributed by atoms with Crippen LogP contribution in [0.4, 0.5) is 0 Å². The molecule has 0 fully saturated rings. The van der Waals surface area contributed by atoms with E-state index in [1.54, 1.807) is 21.1 Å². The fourth-order valence-electron chi connectivity index (χ4n) is 3.25. The number of hydrogen-bond acceptors (Lipinski definition) is 5. The van der Waals surface area contributed by atoms with Gasteiger partial charge in [-0.2, -0.15) is 0 Å². The molecule has 2 atom stereocenters. The average molecular weight is 303 g/mol. The van der Waals surface area contributed by atoms with Crippen LogP contribution in [-0.4, -0.2) is 44.8 Å². The van der Waals surface area contributed by atoms with Gasteiger partial charge in [-0.1, -0.05) is 0 Å². The summed E-state index contributed by atoms with van der Waals surface area (Å²) in [5.41, 5.74) is 3.02. The number of ether oxygens (including phenoxy) is 3. The Labute approximate surface area is 130 Å². The van der Waals surface area contributed by atoms with E-state index >= 15 is 0 Å². The van der Waals surface area contributed by atoms with Gasteiger partial charge in [0, 0.05) is 12.1 Å². The zero-order valence-corrected chi connectivity index (χ0v) is 13.4. The third kappa shape index (κ3) is 2.35. The van der Waals surface area contributed by atoms with Crippen molar-refractivity contribution in [2.45, 2.75) is 25.5 Å². The summed E-state index contributed by atoms with van der Waals surface area (Å²) in [6, 6.07) is 4.04. The van der Waals surface area contributed by atoms with E-state index in [9.17, 15) is 4.79 Å². The third-order valence-corrected chi connectivity index (χ3v) is 4.46. The lowest BCUT2D eigenvalue weighted by Gasteiger charge is -2.37. The fraction of sp³-hybridized carbons (Fsp3) is 0.471. The van der Waals surface area contributed by atoms with Gasteiger partial charge in [0.1, 0.15) is 6.10 Å². The number of fused-ring (bicyclic) bond motifs is 1. The predicted octanol–water partition coefficient (Wildman–Crippen LogP) is 2.10. The van der Waals surface area contributed by atoms with Crippen LogP contribution in [-0.2, 0) is 16.0 Å². The smallest absolute Gasteiger partial charge is 0.334 e. The molecule has 0 radical (unpaired) electrons. The molecule has 0 aliphatic carbocycles. The summed E-state index contributed by atoms with van der Waals surface area (Å²) < 4.78 is 16.3. The number of likely N-dealkylation sites (N-methyl/N-ethyl adjacent to an activating group) is 1. The van der Waals surface area contributed by atoms with Crippen molar-refractivity contribution in [3.63, 3.8) is 0 Å². The van der Waals surface area contributed by atoms with Gasteiger partial charge < -0.3 is 14.2 Å². The molecule has 0 bridgehead atoms. The van der Waals surface area contributed by atoms with Gasteiger partial charge in [-0.15, -0.1) is 0 Å². The topological polar surface area (TPSA) is 48.0 Å². The molecule has 0 N–H and O–H groups in total. The minimum atomic E-state index is -0.255. The first-order valence-electron chi connectivity index (χ1n) is 7.39. The maximum Gasteiger partial charge on any atom is 0.334 e. The number of rotatable bonds is 3. The lowest BCUT2D eigenvalue weighted by molar-refractivity contribution is -0.142. The van der Waals surface area contributed by atoms with Crippen LogP contribution in [0.25, 0.3) is 0 Å². The van der Waals surface area contributed by atoms with Crippen molar-refractivity contribution in [1.29, 1.82) is 0 Å². The molecule has 3 rings (SSSR count). The Morgan fingerprint density at radius 1 is 1.23 bits per heavy atom. The monoisotopic (exact) mass is 303 g/mol. The van der Waals surface area contributed by atoms with Crippen LogP contribution in [0.2, 0.25) is 0 Å². The molecule has 118 valence electrons. The number of carbonyl (C=O) groups is 1. The Morgan fingerprint density at radius 3 is 2.50 bits per heavy atom. The van der Waals surface area contributed by atoms with Gasteiger partial charge in [-0.05, 0) is 49.7 Å². The van der Waals surface area contributed by atoms with Crippen LogP contribution in [0.3, 0.4) is 0 Å². The van der Waals surface area contributed by atoms with Gasteiger partial charge in [0.15, 0.2) is 11.5 Å². The zero-order chi connectivity index (χ0) is 15.9. The molecule has 0 saturated heterocycles. The van der Waals surface area contributed by atoms with Crippen LogP contribution in [0.5, 0.6) is 11.5 Å². The van der Waals surface area contributed by atoms with Gasteiger partial charge in [0.25, 0.3) is 0 Å². The molecule has 0 amide bonds. The highest BCUT2D eigenvalue weighted by Gasteiger charge is 2.37. The second-order valence-electron chi connectivity index (χ2n) is 5.80. The van der Waals surface area contributed by atoms with Gasteiger partial charge >= 0.3 is 5.97 Å². The molecule has 0 aromatic heterocycles. The highest BCUT2D eigenvalue weighted by Crippen LogP contribution is 2.41. The summed E-state index contributed by atoms with van der Waals surface area (Å²) in [5, 5.41) is 0. The van der Waals surface area contributed by atoms with Crippen molar-refractivity contribution in [3.8, 4) is 11.5 Å². The molecule has 0 spiro atoms. The van der Waals surface area contributed by atoms with Gasteiger partial charge in [0.05, 0.1) is 20.3 Å². The highest BCUT2D eigenvalue weighted by atomic mass is 16.5. The number of cyclic esters (lactones) is 1. The Morgan fingerprint density at radius 2 is 1.91 bits per heavy atom. The predicted molar refractivity (Wildman–Crippen MR) is 82.3 cm³/mol. The van der Waals surface area contributed by atoms with E-state index in [1.807, 2.05) is 18.2 Å². The zero-order valence-electron chi connectivity index (χ0n) is 13.4. The molecule has 22 heavy (non-hydrogen) atoms. The van der Waals surface area contributed by atoms with Gasteiger partial charge in [0.2, 0.25) is 0 Å². The summed E-state index contributed by atoms with van der Waals surface area (Å²) in [6.45, 7) is 2.70. The molecule has 2 aliphatic rings. The normalized spacial score (nSPS) is 24.5. The van der Waals surface area contributed by atoms with E-state index in [4.69, 9.17) is 14.2 Å². The first kappa shape index (κ1) is 14.9. The molecule has 5 heteroatoms. The first-order chi connectivity index (χ1) is 10.5. The van der Waals surface area contributed by atoms with Crippen LogP contribution < -0.4 is 9.47 Å². The molecule has 0 saturated carbocycles. The van der Waals surface area contributed by atoms with Gasteiger partial charge in [-0.25, -0.2) is 4.79 Å². The van der Waals surface area contributed by atoms with E-state index < -0.39 is 0 Å². The minimum absolute atomic E-state index is 0.00459. The van der Waals surface area contributed by atoms with Crippen molar-refractivity contribution in [3.05, 3.63) is 34.9 Å². The second kappa shape index (κ2) is 5.65. The van der Waals surface area contributed by atoms with E-state index in [0.29, 0.717) is 11.3 Å². The molecule has 2 aliphatic heterocycles. The number of benzene rings is 1. The van der Waals surface area contributed by atoms with Crippen molar-refractivity contribution in [1.82, 2.24) is 4.90 Å². The van der Waals surface area contributed by atoms with Crippen molar-refractivity contribution in [2.75, 3.05) is 27.8 Å². The number of nitrogens with zero attached hydrogens (tertiary/aromatic N) is 1. The maximum atomic E-state index is 11.7. The number of hydrogen-bond donors (Lipinski definition) is 0. The number of methoxy groups -OCH3 is 2. The molecule has 2 heterocycles. The number of esters is 1. The van der Waals surface area contributed by atoms with Crippen LogP contribution >= 0.6 is 0 Å². The highest BCUT2D eigenvalue weighted by molar-refractivity contribution is 5.90. The molecule has 1 aromatic carbocycles. The second-order valence-corrected chi connectivity index (χ2v) is 5.80. The minimum Gasteiger partial charge on any atom is -0.493 e. The van der Waals surface area contributed by atoms with Crippen molar-refractivity contribution < 1.29 is 19.0 Å². The quantitative estimate of drug-likeness (QED) is 0.800. The maximum absolute atomic E-state index is 11.7. The molecule has 1 aromatic rings. The van der Waals surface area contributed by atoms with E-state index in [-0.39, 0.29) is 18.1 Å². The van der Waals surface area contributed by atoms with E-state index in [1.165, 1.54) is 5.56 Å².